The number of carbonyl (C=O) groups is 1. The van der Waals surface area contributed by atoms with Crippen LogP contribution in [0.4, 0.5) is 0 Å². The van der Waals surface area contributed by atoms with Crippen molar-refractivity contribution in [3.05, 3.63) is 11.3 Å². The lowest BCUT2D eigenvalue weighted by Crippen LogP contribution is -2.55. The summed E-state index contributed by atoms with van der Waals surface area (Å²) >= 11 is 0. The second-order valence-corrected chi connectivity index (χ2v) is 6.22. The van der Waals surface area contributed by atoms with E-state index < -0.39 is 5.60 Å². The highest BCUT2D eigenvalue weighted by Crippen LogP contribution is 2.27. The SMILES string of the molecule is CNC(=O)C[C@@]1(COC)CN(Cc2c(C)nn(C)c2OC)CCO1. The third kappa shape index (κ3) is 4.06. The summed E-state index contributed by atoms with van der Waals surface area (Å²) in [5.74, 6) is 0.715. The van der Waals surface area contributed by atoms with E-state index in [9.17, 15) is 4.79 Å². The average molecular weight is 340 g/mol. The topological polar surface area (TPSA) is 77.9 Å². The molecule has 0 bridgehead atoms. The van der Waals surface area contributed by atoms with Crippen molar-refractivity contribution >= 4 is 5.91 Å². The number of hydrogen-bond acceptors (Lipinski definition) is 6. The van der Waals surface area contributed by atoms with Gasteiger partial charge in [-0.3, -0.25) is 9.69 Å². The highest BCUT2D eigenvalue weighted by atomic mass is 16.5. The number of methoxy groups -OCH3 is 2. The van der Waals surface area contributed by atoms with Crippen molar-refractivity contribution in [3.8, 4) is 5.88 Å². The van der Waals surface area contributed by atoms with E-state index in [-0.39, 0.29) is 12.3 Å². The Morgan fingerprint density at radius 2 is 2.21 bits per heavy atom. The average Bonchev–Trinajstić information content (AvgIpc) is 2.81. The highest BCUT2D eigenvalue weighted by molar-refractivity contribution is 5.76. The van der Waals surface area contributed by atoms with Crippen molar-refractivity contribution < 1.29 is 19.0 Å². The van der Waals surface area contributed by atoms with Gasteiger partial charge in [-0.2, -0.15) is 5.10 Å². The summed E-state index contributed by atoms with van der Waals surface area (Å²) in [4.78, 5) is 14.1. The summed E-state index contributed by atoms with van der Waals surface area (Å²) in [6.07, 6.45) is 0.275. The van der Waals surface area contributed by atoms with E-state index >= 15 is 0 Å². The second kappa shape index (κ2) is 7.96. The number of nitrogens with zero attached hydrogens (tertiary/aromatic N) is 3. The quantitative estimate of drug-likeness (QED) is 0.758. The number of amides is 1. The maximum atomic E-state index is 11.9. The molecule has 1 aromatic heterocycles. The largest absolute Gasteiger partial charge is 0.481 e. The fourth-order valence-corrected chi connectivity index (χ4v) is 3.29. The first-order valence-corrected chi connectivity index (χ1v) is 8.07. The van der Waals surface area contributed by atoms with Crippen LogP contribution < -0.4 is 10.1 Å². The molecule has 0 aliphatic carbocycles. The normalized spacial score (nSPS) is 21.7. The van der Waals surface area contributed by atoms with E-state index in [1.165, 1.54) is 0 Å². The number of nitrogens with one attached hydrogen (secondary N) is 1. The molecule has 136 valence electrons. The van der Waals surface area contributed by atoms with Crippen molar-refractivity contribution in [2.24, 2.45) is 7.05 Å². The first-order chi connectivity index (χ1) is 11.4. The first kappa shape index (κ1) is 18.7. The minimum absolute atomic E-state index is 0.0518. The van der Waals surface area contributed by atoms with Gasteiger partial charge in [0.15, 0.2) is 0 Å². The number of carbonyl (C=O) groups excluding carboxylic acids is 1. The van der Waals surface area contributed by atoms with Crippen LogP contribution in [0.5, 0.6) is 5.88 Å². The van der Waals surface area contributed by atoms with Gasteiger partial charge in [-0.15, -0.1) is 0 Å². The predicted octanol–water partition coefficient (Wildman–Crippen LogP) is 0.0906. The van der Waals surface area contributed by atoms with E-state index in [4.69, 9.17) is 14.2 Å². The Morgan fingerprint density at radius 3 is 2.83 bits per heavy atom. The molecular formula is C16H28N4O4. The highest BCUT2D eigenvalue weighted by Gasteiger charge is 2.39. The summed E-state index contributed by atoms with van der Waals surface area (Å²) in [6.45, 7) is 5.02. The van der Waals surface area contributed by atoms with Crippen molar-refractivity contribution in [1.82, 2.24) is 20.0 Å². The monoisotopic (exact) mass is 340 g/mol. The molecule has 0 radical (unpaired) electrons. The first-order valence-electron chi connectivity index (χ1n) is 8.07. The van der Waals surface area contributed by atoms with Crippen molar-refractivity contribution in [2.75, 3.05) is 47.6 Å². The molecule has 1 saturated heterocycles. The van der Waals surface area contributed by atoms with E-state index in [0.29, 0.717) is 26.3 Å². The van der Waals surface area contributed by atoms with Crippen molar-refractivity contribution in [3.63, 3.8) is 0 Å². The van der Waals surface area contributed by atoms with Crippen LogP contribution in [0.3, 0.4) is 0 Å². The maximum absolute atomic E-state index is 11.9. The maximum Gasteiger partial charge on any atom is 0.222 e. The number of ether oxygens (including phenoxy) is 3. The molecule has 0 unspecified atom stereocenters. The predicted molar refractivity (Wildman–Crippen MR) is 89.0 cm³/mol. The van der Waals surface area contributed by atoms with Crippen LogP contribution in [0, 0.1) is 6.92 Å². The number of aryl methyl sites for hydroxylation is 2. The summed E-state index contributed by atoms with van der Waals surface area (Å²) < 4.78 is 18.5. The van der Waals surface area contributed by atoms with Gasteiger partial charge in [-0.05, 0) is 6.92 Å². The molecule has 24 heavy (non-hydrogen) atoms. The zero-order valence-corrected chi connectivity index (χ0v) is 15.2. The summed E-state index contributed by atoms with van der Waals surface area (Å²) in [5.41, 5.74) is 1.38. The van der Waals surface area contributed by atoms with Gasteiger partial charge in [-0.1, -0.05) is 0 Å². The molecule has 8 heteroatoms. The fraction of sp³-hybridized carbons (Fsp3) is 0.750. The Balaban J connectivity index is 2.15. The van der Waals surface area contributed by atoms with Crippen LogP contribution in [-0.4, -0.2) is 73.8 Å². The Morgan fingerprint density at radius 1 is 1.46 bits per heavy atom. The molecule has 2 rings (SSSR count). The molecule has 0 spiro atoms. The molecule has 1 atom stereocenters. The van der Waals surface area contributed by atoms with Gasteiger partial charge in [0.05, 0.1) is 38.0 Å². The zero-order chi connectivity index (χ0) is 17.7. The minimum atomic E-state index is -0.629. The van der Waals surface area contributed by atoms with Crippen LogP contribution in [0.2, 0.25) is 0 Å². The Labute approximate surface area is 143 Å². The van der Waals surface area contributed by atoms with Crippen molar-refractivity contribution in [1.29, 1.82) is 0 Å². The Kier molecular flexibility index (Phi) is 6.20. The van der Waals surface area contributed by atoms with E-state index in [0.717, 1.165) is 23.7 Å². The number of aromatic nitrogens is 2. The molecule has 1 N–H and O–H groups in total. The molecule has 2 heterocycles. The lowest BCUT2D eigenvalue weighted by molar-refractivity contribution is -0.156. The molecule has 1 fully saturated rings. The summed E-state index contributed by atoms with van der Waals surface area (Å²) in [6, 6.07) is 0. The van der Waals surface area contributed by atoms with Crippen LogP contribution in [0.25, 0.3) is 0 Å². The lowest BCUT2D eigenvalue weighted by Gasteiger charge is -2.42. The molecular weight excluding hydrogens is 312 g/mol. The van der Waals surface area contributed by atoms with Gasteiger partial charge in [0.25, 0.3) is 0 Å². The Hall–Kier alpha value is -1.64. The van der Waals surface area contributed by atoms with E-state index in [2.05, 4.69) is 15.3 Å². The van der Waals surface area contributed by atoms with Crippen LogP contribution in [0.15, 0.2) is 0 Å². The number of rotatable bonds is 7. The van der Waals surface area contributed by atoms with Crippen LogP contribution in [0.1, 0.15) is 17.7 Å². The molecule has 1 aromatic rings. The lowest BCUT2D eigenvalue weighted by atomic mass is 9.97. The van der Waals surface area contributed by atoms with Crippen LogP contribution in [-0.2, 0) is 27.9 Å². The standard InChI is InChI=1S/C16H28N4O4/c1-12-13(15(23-5)19(3)18-12)9-20-6-7-24-16(10-20,11-22-4)8-14(21)17-2/h6-11H2,1-5H3,(H,17,21)/t16-/m0/s1. The minimum Gasteiger partial charge on any atom is -0.481 e. The fourth-order valence-electron chi connectivity index (χ4n) is 3.29. The van der Waals surface area contributed by atoms with Gasteiger partial charge >= 0.3 is 0 Å². The third-order valence-corrected chi connectivity index (χ3v) is 4.36. The van der Waals surface area contributed by atoms with Gasteiger partial charge < -0.3 is 19.5 Å². The molecule has 0 aromatic carbocycles. The zero-order valence-electron chi connectivity index (χ0n) is 15.2. The molecule has 0 saturated carbocycles. The molecule has 1 aliphatic rings. The van der Waals surface area contributed by atoms with E-state index in [1.807, 2.05) is 14.0 Å². The van der Waals surface area contributed by atoms with Gasteiger partial charge in [0.1, 0.15) is 5.60 Å². The number of morpholine rings is 1. The number of hydrogen-bond donors (Lipinski definition) is 1. The molecule has 1 aliphatic heterocycles. The molecule has 8 nitrogen and oxygen atoms in total. The summed E-state index contributed by atoms with van der Waals surface area (Å²) in [7, 11) is 6.78. The van der Waals surface area contributed by atoms with E-state index in [1.54, 1.807) is 25.9 Å². The van der Waals surface area contributed by atoms with Gasteiger partial charge in [0, 0.05) is 40.8 Å². The van der Waals surface area contributed by atoms with Gasteiger partial charge in [0.2, 0.25) is 11.8 Å². The van der Waals surface area contributed by atoms with Crippen molar-refractivity contribution in [2.45, 2.75) is 25.5 Å². The van der Waals surface area contributed by atoms with Crippen LogP contribution >= 0.6 is 0 Å². The third-order valence-electron chi connectivity index (χ3n) is 4.36. The Bertz CT molecular complexity index is 571. The second-order valence-electron chi connectivity index (χ2n) is 6.22. The summed E-state index contributed by atoms with van der Waals surface area (Å²) in [5, 5.41) is 7.09. The smallest absolute Gasteiger partial charge is 0.222 e. The molecule has 1 amide bonds. The van der Waals surface area contributed by atoms with Gasteiger partial charge in [-0.25, -0.2) is 4.68 Å².